The Balaban J connectivity index is 2.11. The first-order valence-corrected chi connectivity index (χ1v) is 8.94. The highest BCUT2D eigenvalue weighted by molar-refractivity contribution is 5.00. The van der Waals surface area contributed by atoms with Crippen LogP contribution >= 0.6 is 0 Å². The second kappa shape index (κ2) is 7.91. The van der Waals surface area contributed by atoms with Crippen LogP contribution < -0.4 is 11.3 Å². The summed E-state index contributed by atoms with van der Waals surface area (Å²) in [7, 11) is 0. The molecule has 2 fully saturated rings. The third-order valence-electron chi connectivity index (χ3n) is 6.17. The SMILES string of the molecule is CCC1CCCC(C(NN)C(C)(CC)N2CCOCC2)C1. The summed E-state index contributed by atoms with van der Waals surface area (Å²) in [5.41, 5.74) is 3.36. The fourth-order valence-corrected chi connectivity index (χ4v) is 4.54. The van der Waals surface area contributed by atoms with Crippen LogP contribution in [0.1, 0.15) is 59.3 Å². The van der Waals surface area contributed by atoms with Crippen LogP contribution in [0.2, 0.25) is 0 Å². The lowest BCUT2D eigenvalue weighted by Crippen LogP contribution is -2.65. The Labute approximate surface area is 130 Å². The number of nitrogens with two attached hydrogens (primary N) is 1. The molecule has 2 rings (SSSR count). The van der Waals surface area contributed by atoms with Crippen molar-refractivity contribution in [3.63, 3.8) is 0 Å². The molecule has 0 bridgehead atoms. The van der Waals surface area contributed by atoms with Gasteiger partial charge in [-0.2, -0.15) is 0 Å². The van der Waals surface area contributed by atoms with Crippen molar-refractivity contribution in [1.29, 1.82) is 0 Å². The number of ether oxygens (including phenoxy) is 1. The lowest BCUT2D eigenvalue weighted by Gasteiger charge is -2.51. The van der Waals surface area contributed by atoms with E-state index in [0.717, 1.165) is 38.6 Å². The molecule has 0 amide bonds. The van der Waals surface area contributed by atoms with Crippen molar-refractivity contribution in [2.24, 2.45) is 17.7 Å². The second-order valence-electron chi connectivity index (χ2n) is 7.16. The van der Waals surface area contributed by atoms with E-state index in [1.165, 1.54) is 32.1 Å². The maximum absolute atomic E-state index is 6.05. The summed E-state index contributed by atoms with van der Waals surface area (Å²) in [4.78, 5) is 2.61. The van der Waals surface area contributed by atoms with Gasteiger partial charge in [0.2, 0.25) is 0 Å². The lowest BCUT2D eigenvalue weighted by molar-refractivity contribution is -0.0457. The van der Waals surface area contributed by atoms with Gasteiger partial charge in [-0.3, -0.25) is 16.2 Å². The van der Waals surface area contributed by atoms with Gasteiger partial charge in [-0.1, -0.05) is 33.1 Å². The molecule has 1 saturated carbocycles. The van der Waals surface area contributed by atoms with Crippen molar-refractivity contribution >= 4 is 0 Å². The Morgan fingerprint density at radius 1 is 1.29 bits per heavy atom. The molecule has 4 unspecified atom stereocenters. The quantitative estimate of drug-likeness (QED) is 0.584. The van der Waals surface area contributed by atoms with Crippen LogP contribution in [0.3, 0.4) is 0 Å². The maximum Gasteiger partial charge on any atom is 0.0594 e. The molecule has 2 aliphatic rings. The predicted octanol–water partition coefficient (Wildman–Crippen LogP) is 2.54. The highest BCUT2D eigenvalue weighted by Crippen LogP contribution is 2.38. The fourth-order valence-electron chi connectivity index (χ4n) is 4.54. The molecule has 1 aliphatic carbocycles. The van der Waals surface area contributed by atoms with Crippen molar-refractivity contribution in [2.75, 3.05) is 26.3 Å². The van der Waals surface area contributed by atoms with E-state index in [2.05, 4.69) is 31.1 Å². The van der Waals surface area contributed by atoms with Gasteiger partial charge in [-0.15, -0.1) is 0 Å². The second-order valence-corrected chi connectivity index (χ2v) is 7.16. The molecule has 0 spiro atoms. The molecular formula is C17H35N3O. The topological polar surface area (TPSA) is 50.5 Å². The highest BCUT2D eigenvalue weighted by atomic mass is 16.5. The number of nitrogens with zero attached hydrogens (tertiary/aromatic N) is 1. The van der Waals surface area contributed by atoms with E-state index < -0.39 is 0 Å². The van der Waals surface area contributed by atoms with Crippen LogP contribution in [0, 0.1) is 11.8 Å². The molecule has 4 atom stereocenters. The Morgan fingerprint density at radius 3 is 2.57 bits per heavy atom. The third-order valence-corrected chi connectivity index (χ3v) is 6.17. The van der Waals surface area contributed by atoms with E-state index in [9.17, 15) is 0 Å². The van der Waals surface area contributed by atoms with Gasteiger partial charge in [0.25, 0.3) is 0 Å². The summed E-state index contributed by atoms with van der Waals surface area (Å²) in [5.74, 6) is 7.65. The molecule has 0 aromatic rings. The summed E-state index contributed by atoms with van der Waals surface area (Å²) in [6.45, 7) is 10.8. The van der Waals surface area contributed by atoms with Crippen LogP contribution in [0.15, 0.2) is 0 Å². The van der Waals surface area contributed by atoms with E-state index in [-0.39, 0.29) is 5.54 Å². The van der Waals surface area contributed by atoms with E-state index in [1.54, 1.807) is 0 Å². The molecule has 1 aliphatic heterocycles. The zero-order valence-corrected chi connectivity index (χ0v) is 14.2. The Kier molecular flexibility index (Phi) is 6.48. The molecule has 1 saturated heterocycles. The van der Waals surface area contributed by atoms with E-state index >= 15 is 0 Å². The monoisotopic (exact) mass is 297 g/mol. The van der Waals surface area contributed by atoms with Crippen molar-refractivity contribution in [3.05, 3.63) is 0 Å². The third kappa shape index (κ3) is 3.79. The number of hydrogen-bond acceptors (Lipinski definition) is 4. The number of morpholine rings is 1. The van der Waals surface area contributed by atoms with Crippen molar-refractivity contribution in [3.8, 4) is 0 Å². The highest BCUT2D eigenvalue weighted by Gasteiger charge is 2.43. The molecule has 4 heteroatoms. The number of hydrogen-bond donors (Lipinski definition) is 2. The first kappa shape index (κ1) is 17.2. The summed E-state index contributed by atoms with van der Waals surface area (Å²) >= 11 is 0. The molecule has 4 nitrogen and oxygen atoms in total. The van der Waals surface area contributed by atoms with Gasteiger partial charge >= 0.3 is 0 Å². The summed E-state index contributed by atoms with van der Waals surface area (Å²) in [6, 6.07) is 0.384. The molecule has 124 valence electrons. The lowest BCUT2D eigenvalue weighted by atomic mass is 9.70. The van der Waals surface area contributed by atoms with Crippen LogP contribution in [-0.2, 0) is 4.74 Å². The molecule has 3 N–H and O–H groups in total. The normalized spacial score (nSPS) is 32.6. The molecule has 0 aromatic heterocycles. The van der Waals surface area contributed by atoms with Crippen molar-refractivity contribution < 1.29 is 4.74 Å². The van der Waals surface area contributed by atoms with E-state index in [0.29, 0.717) is 12.0 Å². The standard InChI is InChI=1S/C17H35N3O/c1-4-14-7-6-8-15(13-14)16(19-18)17(3,5-2)20-9-11-21-12-10-20/h14-16,19H,4-13,18H2,1-3H3. The average molecular weight is 297 g/mol. The predicted molar refractivity (Wildman–Crippen MR) is 87.9 cm³/mol. The van der Waals surface area contributed by atoms with Crippen molar-refractivity contribution in [1.82, 2.24) is 10.3 Å². The van der Waals surface area contributed by atoms with Gasteiger partial charge in [0.1, 0.15) is 0 Å². The van der Waals surface area contributed by atoms with Crippen LogP contribution in [0.25, 0.3) is 0 Å². The minimum atomic E-state index is 0.138. The summed E-state index contributed by atoms with van der Waals surface area (Å²) in [5, 5.41) is 0. The van der Waals surface area contributed by atoms with Crippen LogP contribution in [0.4, 0.5) is 0 Å². The summed E-state index contributed by atoms with van der Waals surface area (Å²) in [6.07, 6.45) is 7.88. The zero-order valence-electron chi connectivity index (χ0n) is 14.2. The van der Waals surface area contributed by atoms with Gasteiger partial charge in [-0.05, 0) is 38.0 Å². The molecule has 1 heterocycles. The van der Waals surface area contributed by atoms with Crippen molar-refractivity contribution in [2.45, 2.75) is 70.9 Å². The molecule has 0 aromatic carbocycles. The maximum atomic E-state index is 6.05. The first-order chi connectivity index (χ1) is 10.2. The Morgan fingerprint density at radius 2 is 2.00 bits per heavy atom. The average Bonchev–Trinajstić information content (AvgIpc) is 2.56. The first-order valence-electron chi connectivity index (χ1n) is 8.94. The minimum absolute atomic E-state index is 0.138. The largest absolute Gasteiger partial charge is 0.379 e. The van der Waals surface area contributed by atoms with Crippen LogP contribution in [-0.4, -0.2) is 42.8 Å². The smallest absolute Gasteiger partial charge is 0.0594 e. The zero-order chi connectivity index (χ0) is 15.3. The van der Waals surface area contributed by atoms with Gasteiger partial charge in [-0.25, -0.2) is 0 Å². The van der Waals surface area contributed by atoms with E-state index in [4.69, 9.17) is 10.6 Å². The molecule has 0 radical (unpaired) electrons. The molecule has 21 heavy (non-hydrogen) atoms. The summed E-state index contributed by atoms with van der Waals surface area (Å²) < 4.78 is 5.54. The van der Waals surface area contributed by atoms with Gasteiger partial charge in [0, 0.05) is 24.7 Å². The van der Waals surface area contributed by atoms with Gasteiger partial charge in [0.15, 0.2) is 0 Å². The Hall–Kier alpha value is -0.160. The minimum Gasteiger partial charge on any atom is -0.379 e. The number of nitrogens with one attached hydrogen (secondary N) is 1. The fraction of sp³-hybridized carbons (Fsp3) is 1.00. The number of hydrazine groups is 1. The number of rotatable bonds is 6. The van der Waals surface area contributed by atoms with Crippen LogP contribution in [0.5, 0.6) is 0 Å². The van der Waals surface area contributed by atoms with Gasteiger partial charge < -0.3 is 4.74 Å². The van der Waals surface area contributed by atoms with Gasteiger partial charge in [0.05, 0.1) is 13.2 Å². The van der Waals surface area contributed by atoms with E-state index in [1.807, 2.05) is 0 Å². The Bertz CT molecular complexity index is 306. The molecular weight excluding hydrogens is 262 g/mol.